The Morgan fingerprint density at radius 3 is 2.47 bits per heavy atom. The highest BCUT2D eigenvalue weighted by Crippen LogP contribution is 1.96. The van der Waals surface area contributed by atoms with Gasteiger partial charge in [-0.15, -0.1) is 0 Å². The minimum Gasteiger partial charge on any atom is -0.480 e. The van der Waals surface area contributed by atoms with E-state index in [2.05, 4.69) is 15.4 Å². The van der Waals surface area contributed by atoms with E-state index in [0.29, 0.717) is 12.8 Å². The third kappa shape index (κ3) is 7.15. The van der Waals surface area contributed by atoms with Crippen LogP contribution >= 0.6 is 0 Å². The summed E-state index contributed by atoms with van der Waals surface area (Å²) in [5, 5.41) is 13.5. The lowest BCUT2D eigenvalue weighted by atomic mass is 10.2. The van der Waals surface area contributed by atoms with E-state index in [-0.39, 0.29) is 13.0 Å². The van der Waals surface area contributed by atoms with Crippen LogP contribution in [0.1, 0.15) is 26.2 Å². The first-order valence-electron chi connectivity index (χ1n) is 5.35. The molecule has 0 spiro atoms. The number of carbonyl (C=O) groups is 3. The zero-order valence-electron chi connectivity index (χ0n) is 9.99. The van der Waals surface area contributed by atoms with E-state index in [1.807, 2.05) is 6.92 Å². The van der Waals surface area contributed by atoms with E-state index in [1.54, 1.807) is 0 Å². The van der Waals surface area contributed by atoms with Gasteiger partial charge in [0.25, 0.3) is 0 Å². The number of hydrogen-bond donors (Lipinski definition) is 3. The number of esters is 1. The lowest BCUT2D eigenvalue weighted by Gasteiger charge is -2.13. The molecular weight excluding hydrogens is 228 g/mol. The van der Waals surface area contributed by atoms with Gasteiger partial charge in [-0.1, -0.05) is 13.3 Å². The molecule has 0 saturated heterocycles. The highest BCUT2D eigenvalue weighted by atomic mass is 16.5. The van der Waals surface area contributed by atoms with Crippen LogP contribution in [0, 0.1) is 0 Å². The van der Waals surface area contributed by atoms with Crippen molar-refractivity contribution >= 4 is 18.0 Å². The van der Waals surface area contributed by atoms with Crippen molar-refractivity contribution in [2.24, 2.45) is 0 Å². The van der Waals surface area contributed by atoms with E-state index in [9.17, 15) is 14.4 Å². The Morgan fingerprint density at radius 1 is 1.35 bits per heavy atom. The number of carboxylic acids is 1. The Labute approximate surface area is 99.5 Å². The normalized spacial score (nSPS) is 11.4. The van der Waals surface area contributed by atoms with Crippen LogP contribution in [0.4, 0.5) is 4.79 Å². The number of amides is 2. The zero-order chi connectivity index (χ0) is 13.3. The van der Waals surface area contributed by atoms with E-state index >= 15 is 0 Å². The molecule has 0 aliphatic carbocycles. The Hall–Kier alpha value is -1.79. The van der Waals surface area contributed by atoms with E-state index in [1.165, 1.54) is 7.11 Å². The molecule has 0 unspecified atom stereocenters. The van der Waals surface area contributed by atoms with E-state index < -0.39 is 24.0 Å². The third-order valence-electron chi connectivity index (χ3n) is 2.02. The molecule has 7 nitrogen and oxygen atoms in total. The summed E-state index contributed by atoms with van der Waals surface area (Å²) in [7, 11) is 1.25. The maximum atomic E-state index is 11.3. The molecule has 0 aliphatic rings. The largest absolute Gasteiger partial charge is 0.480 e. The lowest BCUT2D eigenvalue weighted by molar-refractivity contribution is -0.141. The van der Waals surface area contributed by atoms with Gasteiger partial charge in [-0.25, -0.2) is 9.59 Å². The first-order chi connectivity index (χ1) is 8.01. The molecule has 0 radical (unpaired) electrons. The first kappa shape index (κ1) is 15.2. The molecule has 0 aromatic carbocycles. The van der Waals surface area contributed by atoms with Crippen LogP contribution in [0.3, 0.4) is 0 Å². The predicted octanol–water partition coefficient (Wildman–Crippen LogP) is 0.102. The average molecular weight is 246 g/mol. The van der Waals surface area contributed by atoms with Crippen LogP contribution in [-0.2, 0) is 14.3 Å². The monoisotopic (exact) mass is 246 g/mol. The van der Waals surface area contributed by atoms with Crippen molar-refractivity contribution in [3.05, 3.63) is 0 Å². The van der Waals surface area contributed by atoms with Gasteiger partial charge in [0.2, 0.25) is 0 Å². The van der Waals surface area contributed by atoms with E-state index in [0.717, 1.165) is 0 Å². The molecule has 0 aromatic heterocycles. The van der Waals surface area contributed by atoms with Crippen LogP contribution in [0.15, 0.2) is 0 Å². The fraction of sp³-hybridized carbons (Fsp3) is 0.700. The van der Waals surface area contributed by atoms with Crippen LogP contribution in [0.2, 0.25) is 0 Å². The molecule has 3 N–H and O–H groups in total. The van der Waals surface area contributed by atoms with Gasteiger partial charge in [0.05, 0.1) is 13.5 Å². The number of carboxylic acid groups (broad SMARTS) is 1. The summed E-state index contributed by atoms with van der Waals surface area (Å²) in [6, 6.07) is -1.51. The second-order valence-corrected chi connectivity index (χ2v) is 3.41. The van der Waals surface area contributed by atoms with Crippen molar-refractivity contribution in [1.82, 2.24) is 10.6 Å². The number of aliphatic carboxylic acids is 1. The summed E-state index contributed by atoms with van der Waals surface area (Å²) >= 11 is 0. The molecule has 0 rings (SSSR count). The SMILES string of the molecule is CCC[C@@H](NC(=O)NCCC(=O)OC)C(=O)O. The fourth-order valence-corrected chi connectivity index (χ4v) is 1.14. The summed E-state index contributed by atoms with van der Waals surface area (Å²) in [5.74, 6) is -1.51. The second kappa shape index (κ2) is 8.37. The quantitative estimate of drug-likeness (QED) is 0.553. The molecule has 0 saturated carbocycles. The highest BCUT2D eigenvalue weighted by Gasteiger charge is 2.18. The highest BCUT2D eigenvalue weighted by molar-refractivity contribution is 5.82. The molecule has 0 bridgehead atoms. The van der Waals surface area contributed by atoms with Crippen LogP contribution in [0.25, 0.3) is 0 Å². The standard InChI is InChI=1S/C10H18N2O5/c1-3-4-7(9(14)15)12-10(16)11-6-5-8(13)17-2/h7H,3-6H2,1-2H3,(H,14,15)(H2,11,12,16)/t7-/m1/s1. The molecule has 1 atom stereocenters. The molecule has 0 heterocycles. The Balaban J connectivity index is 3.90. The molecule has 0 aliphatic heterocycles. The summed E-state index contributed by atoms with van der Waals surface area (Å²) in [6.45, 7) is 1.93. The predicted molar refractivity (Wildman–Crippen MR) is 59.5 cm³/mol. The molecule has 7 heteroatoms. The minimum absolute atomic E-state index is 0.0510. The maximum absolute atomic E-state index is 11.3. The van der Waals surface area contributed by atoms with Crippen LogP contribution < -0.4 is 10.6 Å². The van der Waals surface area contributed by atoms with Crippen molar-refractivity contribution in [1.29, 1.82) is 0 Å². The van der Waals surface area contributed by atoms with Gasteiger partial charge >= 0.3 is 18.0 Å². The number of methoxy groups -OCH3 is 1. The Morgan fingerprint density at radius 2 is 2.00 bits per heavy atom. The second-order valence-electron chi connectivity index (χ2n) is 3.41. The average Bonchev–Trinajstić information content (AvgIpc) is 2.28. The van der Waals surface area contributed by atoms with Gasteiger partial charge in [-0.2, -0.15) is 0 Å². The maximum Gasteiger partial charge on any atom is 0.326 e. The summed E-state index contributed by atoms with van der Waals surface area (Å²) < 4.78 is 4.39. The number of rotatable bonds is 7. The molecule has 0 fully saturated rings. The summed E-state index contributed by atoms with van der Waals surface area (Å²) in [4.78, 5) is 32.7. The van der Waals surface area contributed by atoms with Gasteiger partial charge in [0.1, 0.15) is 6.04 Å². The van der Waals surface area contributed by atoms with Crippen molar-refractivity contribution in [2.45, 2.75) is 32.2 Å². The van der Waals surface area contributed by atoms with Crippen molar-refractivity contribution in [3.8, 4) is 0 Å². The molecular formula is C10H18N2O5. The molecule has 2 amide bonds. The fourth-order valence-electron chi connectivity index (χ4n) is 1.14. The van der Waals surface area contributed by atoms with Gasteiger partial charge in [-0.05, 0) is 6.42 Å². The zero-order valence-corrected chi connectivity index (χ0v) is 9.99. The first-order valence-corrected chi connectivity index (χ1v) is 5.35. The lowest BCUT2D eigenvalue weighted by Crippen LogP contribution is -2.46. The van der Waals surface area contributed by atoms with Crippen LogP contribution in [0.5, 0.6) is 0 Å². The summed E-state index contributed by atoms with van der Waals surface area (Å²) in [6.07, 6.45) is 1.06. The topological polar surface area (TPSA) is 105 Å². The summed E-state index contributed by atoms with van der Waals surface area (Å²) in [5.41, 5.74) is 0. The molecule has 17 heavy (non-hydrogen) atoms. The number of ether oxygens (including phenoxy) is 1. The van der Waals surface area contributed by atoms with Crippen molar-refractivity contribution in [3.63, 3.8) is 0 Å². The molecule has 98 valence electrons. The number of urea groups is 1. The Kier molecular flexibility index (Phi) is 7.49. The van der Waals surface area contributed by atoms with Gasteiger partial charge in [-0.3, -0.25) is 4.79 Å². The third-order valence-corrected chi connectivity index (χ3v) is 2.02. The number of hydrogen-bond acceptors (Lipinski definition) is 4. The van der Waals surface area contributed by atoms with Crippen molar-refractivity contribution < 1.29 is 24.2 Å². The van der Waals surface area contributed by atoms with Gasteiger partial charge in [0, 0.05) is 6.54 Å². The van der Waals surface area contributed by atoms with Crippen LogP contribution in [-0.4, -0.2) is 42.8 Å². The Bertz CT molecular complexity index is 280. The van der Waals surface area contributed by atoms with Gasteiger partial charge in [0.15, 0.2) is 0 Å². The number of carbonyl (C=O) groups excluding carboxylic acids is 2. The van der Waals surface area contributed by atoms with Gasteiger partial charge < -0.3 is 20.5 Å². The molecule has 0 aromatic rings. The number of nitrogens with one attached hydrogen (secondary N) is 2. The van der Waals surface area contributed by atoms with Crippen molar-refractivity contribution in [2.75, 3.05) is 13.7 Å². The minimum atomic E-state index is -1.07. The smallest absolute Gasteiger partial charge is 0.326 e. The van der Waals surface area contributed by atoms with E-state index in [4.69, 9.17) is 5.11 Å².